The summed E-state index contributed by atoms with van der Waals surface area (Å²) in [5.74, 6) is -0.961. The second-order valence-corrected chi connectivity index (χ2v) is 6.54. The summed E-state index contributed by atoms with van der Waals surface area (Å²) in [6.07, 6.45) is 4.78. The summed E-state index contributed by atoms with van der Waals surface area (Å²) in [5.41, 5.74) is 1.24. The molecule has 1 aliphatic rings. The van der Waals surface area contributed by atoms with Crippen molar-refractivity contribution in [2.75, 3.05) is 11.9 Å². The summed E-state index contributed by atoms with van der Waals surface area (Å²) < 4.78 is 0. The van der Waals surface area contributed by atoms with Crippen LogP contribution in [0.2, 0.25) is 5.02 Å². The van der Waals surface area contributed by atoms with Gasteiger partial charge in [0.25, 0.3) is 11.1 Å². The van der Waals surface area contributed by atoms with Crippen molar-refractivity contribution in [2.24, 2.45) is 0 Å². The normalized spacial score (nSPS) is 15.7. The number of anilines is 1. The van der Waals surface area contributed by atoms with E-state index in [9.17, 15) is 14.4 Å². The van der Waals surface area contributed by atoms with Crippen LogP contribution in [0.15, 0.2) is 53.7 Å². The fraction of sp³-hybridized carbons (Fsp3) is 0.0588. The van der Waals surface area contributed by atoms with Gasteiger partial charge < -0.3 is 5.32 Å². The Bertz CT molecular complexity index is 853. The molecular formula is C17H12ClN3O3S. The molecule has 2 heterocycles. The molecule has 2 aromatic rings. The fourth-order valence-electron chi connectivity index (χ4n) is 2.13. The Kier molecular flexibility index (Phi) is 5.16. The van der Waals surface area contributed by atoms with E-state index in [4.69, 9.17) is 11.6 Å². The number of nitrogens with zero attached hydrogens (tertiary/aromatic N) is 2. The molecule has 1 saturated heterocycles. The molecular weight excluding hydrogens is 362 g/mol. The van der Waals surface area contributed by atoms with E-state index >= 15 is 0 Å². The van der Waals surface area contributed by atoms with E-state index in [1.165, 1.54) is 0 Å². The first-order valence-electron chi connectivity index (χ1n) is 7.24. The van der Waals surface area contributed by atoms with Crippen LogP contribution in [0.4, 0.5) is 10.5 Å². The Morgan fingerprint density at radius 2 is 2.00 bits per heavy atom. The number of halogens is 1. The van der Waals surface area contributed by atoms with Crippen molar-refractivity contribution in [3.63, 3.8) is 0 Å². The lowest BCUT2D eigenvalue weighted by Crippen LogP contribution is -2.36. The van der Waals surface area contributed by atoms with E-state index in [1.807, 2.05) is 0 Å². The van der Waals surface area contributed by atoms with Gasteiger partial charge in [-0.3, -0.25) is 24.3 Å². The van der Waals surface area contributed by atoms with Gasteiger partial charge in [-0.05, 0) is 53.7 Å². The number of carbonyl (C=O) groups is 3. The van der Waals surface area contributed by atoms with Crippen molar-refractivity contribution >= 4 is 52.2 Å². The molecule has 0 saturated carbocycles. The number of carbonyl (C=O) groups excluding carboxylic acids is 3. The second-order valence-electron chi connectivity index (χ2n) is 5.11. The number of amides is 3. The molecule has 0 spiro atoms. The average molecular weight is 374 g/mol. The van der Waals surface area contributed by atoms with Gasteiger partial charge in [0, 0.05) is 23.1 Å². The highest BCUT2D eigenvalue weighted by atomic mass is 35.5. The van der Waals surface area contributed by atoms with Crippen LogP contribution in [0.1, 0.15) is 5.56 Å². The monoisotopic (exact) mass is 373 g/mol. The molecule has 1 aromatic carbocycles. The van der Waals surface area contributed by atoms with Gasteiger partial charge in [-0.25, -0.2) is 0 Å². The summed E-state index contributed by atoms with van der Waals surface area (Å²) in [6, 6.07) is 10.0. The summed E-state index contributed by atoms with van der Waals surface area (Å²) in [6.45, 7) is -0.350. The first-order valence-corrected chi connectivity index (χ1v) is 8.43. The lowest BCUT2D eigenvalue weighted by molar-refractivity contribution is -0.127. The van der Waals surface area contributed by atoms with Gasteiger partial charge in [0.05, 0.1) is 4.91 Å². The molecule has 0 unspecified atom stereocenters. The van der Waals surface area contributed by atoms with Crippen LogP contribution < -0.4 is 5.32 Å². The highest BCUT2D eigenvalue weighted by Gasteiger charge is 2.36. The van der Waals surface area contributed by atoms with E-state index < -0.39 is 17.1 Å². The fourth-order valence-corrected chi connectivity index (χ4v) is 3.09. The Labute approximate surface area is 152 Å². The Morgan fingerprint density at radius 1 is 1.24 bits per heavy atom. The van der Waals surface area contributed by atoms with E-state index in [1.54, 1.807) is 54.9 Å². The van der Waals surface area contributed by atoms with Crippen LogP contribution in [0.25, 0.3) is 6.08 Å². The van der Waals surface area contributed by atoms with Crippen LogP contribution in [0.3, 0.4) is 0 Å². The standard InChI is InChI=1S/C17H12ClN3O3S/c18-12-3-5-13(6-4-12)20-15(22)10-21-16(23)14(25-17(21)24)8-11-2-1-7-19-9-11/h1-9H,10H2,(H,20,22)/b14-8+. The van der Waals surface area contributed by atoms with Gasteiger partial charge in [-0.15, -0.1) is 0 Å². The molecule has 6 nitrogen and oxygen atoms in total. The molecule has 3 amide bonds. The highest BCUT2D eigenvalue weighted by molar-refractivity contribution is 8.18. The maximum Gasteiger partial charge on any atom is 0.294 e. The number of pyridine rings is 1. The van der Waals surface area contributed by atoms with E-state index in [-0.39, 0.29) is 11.4 Å². The first kappa shape index (κ1) is 17.2. The summed E-state index contributed by atoms with van der Waals surface area (Å²) >= 11 is 6.58. The quantitative estimate of drug-likeness (QED) is 0.831. The molecule has 0 atom stereocenters. The molecule has 0 radical (unpaired) electrons. The van der Waals surface area contributed by atoms with Crippen molar-refractivity contribution in [2.45, 2.75) is 0 Å². The van der Waals surface area contributed by atoms with Gasteiger partial charge in [0.2, 0.25) is 5.91 Å². The summed E-state index contributed by atoms with van der Waals surface area (Å²) in [5, 5.41) is 2.68. The number of thioether (sulfide) groups is 1. The number of hydrogen-bond acceptors (Lipinski definition) is 5. The third-order valence-electron chi connectivity index (χ3n) is 3.29. The third kappa shape index (κ3) is 4.26. The maximum absolute atomic E-state index is 12.4. The number of rotatable bonds is 4. The lowest BCUT2D eigenvalue weighted by Gasteiger charge is -2.12. The molecule has 1 aromatic heterocycles. The average Bonchev–Trinajstić information content (AvgIpc) is 2.85. The van der Waals surface area contributed by atoms with Crippen LogP contribution in [-0.2, 0) is 9.59 Å². The largest absolute Gasteiger partial charge is 0.325 e. The van der Waals surface area contributed by atoms with Crippen molar-refractivity contribution in [3.05, 3.63) is 64.3 Å². The zero-order valence-corrected chi connectivity index (χ0v) is 14.4. The maximum atomic E-state index is 12.4. The Morgan fingerprint density at radius 3 is 2.68 bits per heavy atom. The Balaban J connectivity index is 1.67. The second kappa shape index (κ2) is 7.50. The molecule has 0 bridgehead atoms. The molecule has 1 aliphatic heterocycles. The minimum atomic E-state index is -0.495. The minimum absolute atomic E-state index is 0.261. The lowest BCUT2D eigenvalue weighted by atomic mass is 10.2. The Hall–Kier alpha value is -2.64. The molecule has 1 fully saturated rings. The number of benzene rings is 1. The van der Waals surface area contributed by atoms with Gasteiger partial charge in [0.15, 0.2) is 0 Å². The topological polar surface area (TPSA) is 79.4 Å². The van der Waals surface area contributed by atoms with E-state index in [0.717, 1.165) is 16.7 Å². The van der Waals surface area contributed by atoms with Gasteiger partial charge in [-0.1, -0.05) is 17.7 Å². The van der Waals surface area contributed by atoms with Crippen LogP contribution in [-0.4, -0.2) is 33.5 Å². The molecule has 0 aliphatic carbocycles. The van der Waals surface area contributed by atoms with Crippen LogP contribution >= 0.6 is 23.4 Å². The molecule has 3 rings (SSSR count). The number of imide groups is 1. The van der Waals surface area contributed by atoms with Crippen molar-refractivity contribution in [3.8, 4) is 0 Å². The summed E-state index contributed by atoms with van der Waals surface area (Å²) in [7, 11) is 0. The minimum Gasteiger partial charge on any atom is -0.325 e. The predicted molar refractivity (Wildman–Crippen MR) is 97.0 cm³/mol. The van der Waals surface area contributed by atoms with Gasteiger partial charge >= 0.3 is 0 Å². The predicted octanol–water partition coefficient (Wildman–Crippen LogP) is 3.41. The van der Waals surface area contributed by atoms with E-state index in [2.05, 4.69) is 10.3 Å². The SMILES string of the molecule is O=C(CN1C(=O)S/C(=C/c2cccnc2)C1=O)Nc1ccc(Cl)cc1. The zero-order valence-electron chi connectivity index (χ0n) is 12.8. The zero-order chi connectivity index (χ0) is 17.8. The van der Waals surface area contributed by atoms with E-state index in [0.29, 0.717) is 16.3 Å². The van der Waals surface area contributed by atoms with Gasteiger partial charge in [0.1, 0.15) is 6.54 Å². The number of nitrogens with one attached hydrogen (secondary N) is 1. The van der Waals surface area contributed by atoms with Gasteiger partial charge in [-0.2, -0.15) is 0 Å². The first-order chi connectivity index (χ1) is 12.0. The van der Waals surface area contributed by atoms with Crippen molar-refractivity contribution in [1.82, 2.24) is 9.88 Å². The molecule has 126 valence electrons. The molecule has 1 N–H and O–H groups in total. The molecule has 8 heteroatoms. The van der Waals surface area contributed by atoms with Crippen LogP contribution in [0.5, 0.6) is 0 Å². The van der Waals surface area contributed by atoms with Crippen molar-refractivity contribution < 1.29 is 14.4 Å². The highest BCUT2D eigenvalue weighted by Crippen LogP contribution is 2.31. The summed E-state index contributed by atoms with van der Waals surface area (Å²) in [4.78, 5) is 41.6. The van der Waals surface area contributed by atoms with Crippen LogP contribution in [0, 0.1) is 0 Å². The van der Waals surface area contributed by atoms with Crippen molar-refractivity contribution in [1.29, 1.82) is 0 Å². The molecule has 25 heavy (non-hydrogen) atoms. The number of aromatic nitrogens is 1. The smallest absolute Gasteiger partial charge is 0.294 e. The number of hydrogen-bond donors (Lipinski definition) is 1. The third-order valence-corrected chi connectivity index (χ3v) is 4.44.